The molecule has 0 bridgehead atoms. The van der Waals surface area contributed by atoms with Crippen molar-refractivity contribution in [1.29, 1.82) is 0 Å². The minimum absolute atomic E-state index is 0. The normalized spacial score (nSPS) is 12.3. The number of alkyl halides is 6. The summed E-state index contributed by atoms with van der Waals surface area (Å²) in [5, 5.41) is 4.36. The summed E-state index contributed by atoms with van der Waals surface area (Å²) in [6.07, 6.45) is -7.65. The molecular weight excluding hydrogens is 653 g/mol. The second-order valence-electron chi connectivity index (χ2n) is 7.96. The van der Waals surface area contributed by atoms with Crippen LogP contribution >= 0.6 is 0 Å². The van der Waals surface area contributed by atoms with Crippen molar-refractivity contribution in [3.63, 3.8) is 0 Å². The summed E-state index contributed by atoms with van der Waals surface area (Å²) >= 11 is 0. The van der Waals surface area contributed by atoms with Gasteiger partial charge in [-0.3, -0.25) is 4.98 Å². The second kappa shape index (κ2) is 9.57. The van der Waals surface area contributed by atoms with Crippen LogP contribution in [0.15, 0.2) is 60.8 Å². The topological polar surface area (TPSA) is 43.6 Å². The Labute approximate surface area is 211 Å². The quantitative estimate of drug-likeness (QED) is 0.190. The summed E-state index contributed by atoms with van der Waals surface area (Å²) in [6.45, 7) is 3.59. The van der Waals surface area contributed by atoms with Crippen molar-refractivity contribution in [3.8, 4) is 17.1 Å². The molecule has 0 saturated heterocycles. The van der Waals surface area contributed by atoms with Crippen molar-refractivity contribution < 1.29 is 47.4 Å². The Morgan fingerprint density at radius 1 is 0.771 bits per heavy atom. The maximum atomic E-state index is 13.1. The molecule has 0 radical (unpaired) electrons. The molecule has 184 valence electrons. The fourth-order valence-electron chi connectivity index (χ4n) is 3.28. The Kier molecular flexibility index (Phi) is 7.27. The van der Waals surface area contributed by atoms with Gasteiger partial charge < -0.3 is 4.98 Å². The number of aromatic nitrogens is 4. The van der Waals surface area contributed by atoms with Gasteiger partial charge in [0, 0.05) is 11.9 Å². The van der Waals surface area contributed by atoms with E-state index in [4.69, 9.17) is 0 Å². The van der Waals surface area contributed by atoms with E-state index in [1.165, 1.54) is 16.9 Å². The largest absolute Gasteiger partial charge is 2.00 e. The van der Waals surface area contributed by atoms with Crippen molar-refractivity contribution in [2.75, 3.05) is 0 Å². The maximum Gasteiger partial charge on any atom is 2.00 e. The molecule has 0 aliphatic rings. The SMILES string of the molecule is CC(C)(c1cccc(-c2[c-]ccc(C(F)(F)F)c2)n1)c1ccn(-c2[c-]ccc(C(F)(F)F)n2)n1.[Pt+2]. The first-order chi connectivity index (χ1) is 15.9. The molecule has 35 heavy (non-hydrogen) atoms. The average molecular weight is 669 g/mol. The van der Waals surface area contributed by atoms with Crippen molar-refractivity contribution in [3.05, 3.63) is 95.6 Å². The molecule has 0 amide bonds. The Bertz CT molecular complexity index is 1330. The third-order valence-corrected chi connectivity index (χ3v) is 5.21. The Morgan fingerprint density at radius 3 is 2.17 bits per heavy atom. The van der Waals surface area contributed by atoms with Gasteiger partial charge in [-0.05, 0) is 37.2 Å². The minimum Gasteiger partial charge on any atom is -0.300 e. The standard InChI is InChI=1S/C24H16F6N4.Pt/c1-22(2,19-12-13-34(33-19)21-11-5-10-20(32-21)24(28,29)30)18-9-4-8-17(31-18)15-6-3-7-16(14-15)23(25,26)27;/h3-5,7-10,12-14H,1-2H3;/q-2;+2. The van der Waals surface area contributed by atoms with Crippen LogP contribution in [0.3, 0.4) is 0 Å². The van der Waals surface area contributed by atoms with Gasteiger partial charge in [-0.25, -0.2) is 16.8 Å². The molecule has 0 fully saturated rings. The zero-order valence-electron chi connectivity index (χ0n) is 18.1. The summed E-state index contributed by atoms with van der Waals surface area (Å²) in [7, 11) is 0. The van der Waals surface area contributed by atoms with Crippen molar-refractivity contribution in [2.24, 2.45) is 0 Å². The molecule has 0 aliphatic heterocycles. The van der Waals surface area contributed by atoms with Crippen LogP contribution in [-0.2, 0) is 38.8 Å². The molecule has 0 atom stereocenters. The molecule has 0 saturated carbocycles. The summed E-state index contributed by atoms with van der Waals surface area (Å²) in [4.78, 5) is 8.10. The number of hydrogen-bond acceptors (Lipinski definition) is 3. The molecular formula is C24H16F6N4Pt. The van der Waals surface area contributed by atoms with Crippen LogP contribution < -0.4 is 0 Å². The predicted molar refractivity (Wildman–Crippen MR) is 111 cm³/mol. The van der Waals surface area contributed by atoms with Crippen LogP contribution in [0.4, 0.5) is 26.3 Å². The van der Waals surface area contributed by atoms with Crippen LogP contribution in [0.2, 0.25) is 0 Å². The third kappa shape index (κ3) is 5.64. The summed E-state index contributed by atoms with van der Waals surface area (Å²) in [5.41, 5.74) is -1.25. The molecule has 11 heteroatoms. The Morgan fingerprint density at radius 2 is 1.49 bits per heavy atom. The zero-order chi connectivity index (χ0) is 24.7. The Hall–Kier alpha value is -3.00. The van der Waals surface area contributed by atoms with Crippen LogP contribution in [0.5, 0.6) is 0 Å². The number of rotatable bonds is 4. The zero-order valence-corrected chi connectivity index (χ0v) is 20.4. The number of pyridine rings is 2. The maximum absolute atomic E-state index is 13.1. The van der Waals surface area contributed by atoms with E-state index < -0.39 is 29.0 Å². The molecule has 0 spiro atoms. The molecule has 4 rings (SSSR count). The molecule has 0 aliphatic carbocycles. The molecule has 3 aromatic heterocycles. The monoisotopic (exact) mass is 669 g/mol. The van der Waals surface area contributed by atoms with Gasteiger partial charge in [-0.2, -0.15) is 37.5 Å². The molecule has 0 N–H and O–H groups in total. The molecule has 0 unspecified atom stereocenters. The van der Waals surface area contributed by atoms with Crippen molar-refractivity contribution in [1.82, 2.24) is 19.7 Å². The fraction of sp³-hybridized carbons (Fsp3) is 0.208. The van der Waals surface area contributed by atoms with Gasteiger partial charge in [-0.1, -0.05) is 12.1 Å². The van der Waals surface area contributed by atoms with Crippen molar-refractivity contribution >= 4 is 0 Å². The van der Waals surface area contributed by atoms with Gasteiger partial charge in [0.2, 0.25) is 0 Å². The van der Waals surface area contributed by atoms with E-state index >= 15 is 0 Å². The van der Waals surface area contributed by atoms with E-state index in [0.717, 1.165) is 24.3 Å². The van der Waals surface area contributed by atoms with E-state index in [9.17, 15) is 26.3 Å². The Balaban J connectivity index is 0.00000342. The van der Waals surface area contributed by atoms with E-state index in [1.54, 1.807) is 38.1 Å². The number of nitrogens with zero attached hydrogens (tertiary/aromatic N) is 4. The van der Waals surface area contributed by atoms with Gasteiger partial charge in [0.05, 0.1) is 22.6 Å². The number of hydrogen-bond donors (Lipinski definition) is 0. The molecule has 1 aromatic carbocycles. The summed E-state index contributed by atoms with van der Waals surface area (Å²) in [6, 6.07) is 17.0. The van der Waals surface area contributed by atoms with Crippen LogP contribution in [0.1, 0.15) is 36.5 Å². The van der Waals surface area contributed by atoms with E-state index in [1.807, 2.05) is 0 Å². The summed E-state index contributed by atoms with van der Waals surface area (Å²) < 4.78 is 79.4. The minimum atomic E-state index is -4.61. The van der Waals surface area contributed by atoms with Gasteiger partial charge in [0.1, 0.15) is 0 Å². The van der Waals surface area contributed by atoms with E-state index in [-0.39, 0.29) is 32.4 Å². The first-order valence-corrected chi connectivity index (χ1v) is 9.95. The van der Waals surface area contributed by atoms with Crippen LogP contribution in [-0.4, -0.2) is 19.7 Å². The van der Waals surface area contributed by atoms with E-state index in [0.29, 0.717) is 17.1 Å². The second-order valence-corrected chi connectivity index (χ2v) is 7.96. The van der Waals surface area contributed by atoms with Gasteiger partial charge in [0.25, 0.3) is 0 Å². The average Bonchev–Trinajstić information content (AvgIpc) is 3.30. The fourth-order valence-corrected chi connectivity index (χ4v) is 3.28. The van der Waals surface area contributed by atoms with Gasteiger partial charge in [-0.15, -0.1) is 29.8 Å². The predicted octanol–water partition coefficient (Wildman–Crippen LogP) is 6.29. The molecule has 4 nitrogen and oxygen atoms in total. The van der Waals surface area contributed by atoms with Gasteiger partial charge in [0.15, 0.2) is 0 Å². The third-order valence-electron chi connectivity index (χ3n) is 5.21. The first-order valence-electron chi connectivity index (χ1n) is 9.95. The molecule has 3 heterocycles. The first kappa shape index (κ1) is 26.6. The van der Waals surface area contributed by atoms with Gasteiger partial charge >= 0.3 is 33.4 Å². The van der Waals surface area contributed by atoms with Crippen molar-refractivity contribution in [2.45, 2.75) is 31.6 Å². The van der Waals surface area contributed by atoms with E-state index in [2.05, 4.69) is 27.2 Å². The number of benzene rings is 1. The molecule has 4 aromatic rings. The summed E-state index contributed by atoms with van der Waals surface area (Å²) in [5.74, 6) is -0.128. The van der Waals surface area contributed by atoms with Crippen LogP contribution in [0.25, 0.3) is 17.1 Å². The number of halogens is 6. The van der Waals surface area contributed by atoms with Crippen LogP contribution in [0, 0.1) is 12.1 Å². The smallest absolute Gasteiger partial charge is 0.300 e.